The van der Waals surface area contributed by atoms with E-state index in [0.29, 0.717) is 16.9 Å². The van der Waals surface area contributed by atoms with E-state index in [1.165, 1.54) is 0 Å². The lowest BCUT2D eigenvalue weighted by molar-refractivity contribution is 0.301. The second-order valence-corrected chi connectivity index (χ2v) is 3.52. The predicted octanol–water partition coefficient (Wildman–Crippen LogP) is 2.89. The van der Waals surface area contributed by atoms with Gasteiger partial charge in [-0.25, -0.2) is 0 Å². The molecule has 0 spiro atoms. The predicted molar refractivity (Wildman–Crippen MR) is 51.7 cm³/mol. The lowest BCUT2D eigenvalue weighted by atomic mass is 10.3. The Morgan fingerprint density at radius 2 is 2.15 bits per heavy atom. The summed E-state index contributed by atoms with van der Waals surface area (Å²) in [6.45, 7) is 0. The third kappa shape index (κ3) is 2.07. The van der Waals surface area contributed by atoms with Crippen LogP contribution in [0.25, 0.3) is 0 Å². The first-order valence-corrected chi connectivity index (χ1v) is 4.67. The first-order chi connectivity index (χ1) is 6.29. The van der Waals surface area contributed by atoms with E-state index in [2.05, 4.69) is 0 Å². The maximum absolute atomic E-state index is 5.87. The molecule has 1 aromatic carbocycles. The Bertz CT molecular complexity index is 308. The summed E-state index contributed by atoms with van der Waals surface area (Å²) in [6.07, 6.45) is 2.72. The quantitative estimate of drug-likeness (QED) is 0.744. The molecule has 2 rings (SSSR count). The highest BCUT2D eigenvalue weighted by Crippen LogP contribution is 2.32. The number of methoxy groups -OCH3 is 1. The van der Waals surface area contributed by atoms with Crippen molar-refractivity contribution in [1.82, 2.24) is 0 Å². The van der Waals surface area contributed by atoms with E-state index in [0.717, 1.165) is 18.6 Å². The van der Waals surface area contributed by atoms with Crippen LogP contribution in [0.15, 0.2) is 18.2 Å². The van der Waals surface area contributed by atoms with Gasteiger partial charge in [0.25, 0.3) is 0 Å². The summed E-state index contributed by atoms with van der Waals surface area (Å²) in [4.78, 5) is 0. The van der Waals surface area contributed by atoms with E-state index in [9.17, 15) is 0 Å². The van der Waals surface area contributed by atoms with Crippen molar-refractivity contribution < 1.29 is 9.47 Å². The van der Waals surface area contributed by atoms with Gasteiger partial charge in [0, 0.05) is 6.07 Å². The van der Waals surface area contributed by atoms with Crippen molar-refractivity contribution in [2.75, 3.05) is 7.11 Å². The van der Waals surface area contributed by atoms with Gasteiger partial charge in [-0.15, -0.1) is 0 Å². The number of rotatable bonds is 3. The van der Waals surface area contributed by atoms with Crippen molar-refractivity contribution in [2.45, 2.75) is 18.9 Å². The maximum Gasteiger partial charge on any atom is 0.141 e. The third-order valence-electron chi connectivity index (χ3n) is 1.95. The zero-order chi connectivity index (χ0) is 9.26. The minimum atomic E-state index is 0.408. The number of ether oxygens (including phenoxy) is 2. The monoisotopic (exact) mass is 198 g/mol. The van der Waals surface area contributed by atoms with Crippen LogP contribution in [0.5, 0.6) is 11.5 Å². The van der Waals surface area contributed by atoms with E-state index >= 15 is 0 Å². The molecule has 0 bridgehead atoms. The molecule has 0 aromatic heterocycles. The van der Waals surface area contributed by atoms with Gasteiger partial charge in [-0.3, -0.25) is 0 Å². The van der Waals surface area contributed by atoms with Crippen LogP contribution >= 0.6 is 11.6 Å². The summed E-state index contributed by atoms with van der Waals surface area (Å²) >= 11 is 5.87. The van der Waals surface area contributed by atoms with Gasteiger partial charge in [-0.1, -0.05) is 11.6 Å². The molecule has 0 atom stereocenters. The van der Waals surface area contributed by atoms with Gasteiger partial charge in [0.15, 0.2) is 0 Å². The summed E-state index contributed by atoms with van der Waals surface area (Å²) in [7, 11) is 1.60. The SMILES string of the molecule is COc1cc(OC2CC2)ccc1Cl. The summed E-state index contributed by atoms with van der Waals surface area (Å²) < 4.78 is 10.7. The van der Waals surface area contributed by atoms with Gasteiger partial charge >= 0.3 is 0 Å². The molecule has 0 amide bonds. The summed E-state index contributed by atoms with van der Waals surface area (Å²) in [6, 6.07) is 5.47. The molecule has 3 heteroatoms. The molecule has 1 aliphatic rings. The summed E-state index contributed by atoms with van der Waals surface area (Å²) in [5.41, 5.74) is 0. The van der Waals surface area contributed by atoms with E-state index in [4.69, 9.17) is 21.1 Å². The Balaban J connectivity index is 2.16. The largest absolute Gasteiger partial charge is 0.495 e. The van der Waals surface area contributed by atoms with Crippen LogP contribution in [0, 0.1) is 0 Å². The zero-order valence-corrected chi connectivity index (χ0v) is 8.17. The van der Waals surface area contributed by atoms with Gasteiger partial charge < -0.3 is 9.47 Å². The highest BCUT2D eigenvalue weighted by Gasteiger charge is 2.23. The van der Waals surface area contributed by atoms with Crippen LogP contribution in [-0.2, 0) is 0 Å². The Hall–Kier alpha value is -0.890. The van der Waals surface area contributed by atoms with E-state index in [1.807, 2.05) is 12.1 Å². The zero-order valence-electron chi connectivity index (χ0n) is 7.42. The number of hydrogen-bond acceptors (Lipinski definition) is 2. The topological polar surface area (TPSA) is 18.5 Å². The molecular weight excluding hydrogens is 188 g/mol. The third-order valence-corrected chi connectivity index (χ3v) is 2.26. The Morgan fingerprint density at radius 1 is 1.38 bits per heavy atom. The van der Waals surface area contributed by atoms with Crippen molar-refractivity contribution in [1.29, 1.82) is 0 Å². The molecule has 13 heavy (non-hydrogen) atoms. The van der Waals surface area contributed by atoms with Crippen molar-refractivity contribution in [3.63, 3.8) is 0 Å². The second kappa shape index (κ2) is 3.46. The van der Waals surface area contributed by atoms with Gasteiger partial charge in [0.05, 0.1) is 18.2 Å². The lowest BCUT2D eigenvalue weighted by Gasteiger charge is -2.07. The molecule has 1 aliphatic carbocycles. The minimum Gasteiger partial charge on any atom is -0.495 e. The number of halogens is 1. The van der Waals surface area contributed by atoms with Gasteiger partial charge in [0.2, 0.25) is 0 Å². The lowest BCUT2D eigenvalue weighted by Crippen LogP contribution is -1.96. The first-order valence-electron chi connectivity index (χ1n) is 4.30. The van der Waals surface area contributed by atoms with Gasteiger partial charge in [-0.05, 0) is 25.0 Å². The molecule has 1 fully saturated rings. The van der Waals surface area contributed by atoms with Gasteiger partial charge in [-0.2, -0.15) is 0 Å². The second-order valence-electron chi connectivity index (χ2n) is 3.11. The molecule has 0 saturated heterocycles. The number of benzene rings is 1. The molecule has 1 aromatic rings. The van der Waals surface area contributed by atoms with E-state index in [-0.39, 0.29) is 0 Å². The first kappa shape index (κ1) is 8.70. The molecular formula is C10H11ClO2. The minimum absolute atomic E-state index is 0.408. The highest BCUT2D eigenvalue weighted by atomic mass is 35.5. The highest BCUT2D eigenvalue weighted by molar-refractivity contribution is 6.32. The summed E-state index contributed by atoms with van der Waals surface area (Å²) in [5.74, 6) is 1.50. The normalized spacial score (nSPS) is 15.5. The Labute approximate surface area is 82.4 Å². The summed E-state index contributed by atoms with van der Waals surface area (Å²) in [5, 5.41) is 0.616. The van der Waals surface area contributed by atoms with E-state index in [1.54, 1.807) is 13.2 Å². The van der Waals surface area contributed by atoms with Crippen LogP contribution in [0.3, 0.4) is 0 Å². The fourth-order valence-corrected chi connectivity index (χ4v) is 1.29. The van der Waals surface area contributed by atoms with E-state index < -0.39 is 0 Å². The van der Waals surface area contributed by atoms with Crippen LogP contribution in [0.4, 0.5) is 0 Å². The smallest absolute Gasteiger partial charge is 0.141 e. The van der Waals surface area contributed by atoms with Crippen LogP contribution in [-0.4, -0.2) is 13.2 Å². The van der Waals surface area contributed by atoms with Crippen molar-refractivity contribution in [2.24, 2.45) is 0 Å². The Morgan fingerprint density at radius 3 is 2.77 bits per heavy atom. The van der Waals surface area contributed by atoms with Crippen LogP contribution < -0.4 is 9.47 Å². The fraction of sp³-hybridized carbons (Fsp3) is 0.400. The molecule has 1 saturated carbocycles. The molecule has 70 valence electrons. The molecule has 0 N–H and O–H groups in total. The van der Waals surface area contributed by atoms with Crippen LogP contribution in [0.2, 0.25) is 5.02 Å². The number of hydrogen-bond donors (Lipinski definition) is 0. The standard InChI is InChI=1S/C10H11ClO2/c1-12-10-6-8(4-5-9(10)11)13-7-2-3-7/h4-7H,2-3H2,1H3. The maximum atomic E-state index is 5.87. The fourth-order valence-electron chi connectivity index (χ4n) is 1.09. The Kier molecular flexibility index (Phi) is 2.32. The average molecular weight is 199 g/mol. The van der Waals surface area contributed by atoms with Crippen molar-refractivity contribution in [3.05, 3.63) is 23.2 Å². The van der Waals surface area contributed by atoms with Crippen LogP contribution in [0.1, 0.15) is 12.8 Å². The molecule has 0 heterocycles. The molecule has 2 nitrogen and oxygen atoms in total. The molecule has 0 aliphatic heterocycles. The van der Waals surface area contributed by atoms with Crippen molar-refractivity contribution >= 4 is 11.6 Å². The average Bonchev–Trinajstić information content (AvgIpc) is 2.92. The van der Waals surface area contributed by atoms with Gasteiger partial charge in [0.1, 0.15) is 11.5 Å². The molecule has 0 radical (unpaired) electrons. The van der Waals surface area contributed by atoms with Crippen molar-refractivity contribution in [3.8, 4) is 11.5 Å². The molecule has 0 unspecified atom stereocenters.